The molecule has 0 bridgehead atoms. The predicted octanol–water partition coefficient (Wildman–Crippen LogP) is 4.44. The summed E-state index contributed by atoms with van der Waals surface area (Å²) in [4.78, 5) is 15.0. The SMILES string of the molecule is CC.CC.O=c1ccc(-c2nc(-c3ccc(OC(F)(F)F)cc3)no2)n[nH]1. The molecule has 1 N–H and O–H groups in total. The Bertz CT molecular complexity index is 854. The summed E-state index contributed by atoms with van der Waals surface area (Å²) >= 11 is 0. The number of nitrogens with one attached hydrogen (secondary N) is 1. The Hall–Kier alpha value is -3.17. The van der Waals surface area contributed by atoms with Crippen LogP contribution in [0.4, 0.5) is 13.2 Å². The molecule has 3 aromatic rings. The minimum atomic E-state index is -4.75. The van der Waals surface area contributed by atoms with Crippen molar-refractivity contribution in [2.24, 2.45) is 0 Å². The monoisotopic (exact) mass is 384 g/mol. The lowest BCUT2D eigenvalue weighted by Crippen LogP contribution is -2.16. The zero-order valence-corrected chi connectivity index (χ0v) is 15.2. The van der Waals surface area contributed by atoms with Crippen molar-refractivity contribution in [3.63, 3.8) is 0 Å². The van der Waals surface area contributed by atoms with Crippen LogP contribution in [-0.2, 0) is 0 Å². The molecule has 0 spiro atoms. The maximum absolute atomic E-state index is 12.1. The Morgan fingerprint density at radius 3 is 2.15 bits per heavy atom. The maximum atomic E-state index is 12.1. The van der Waals surface area contributed by atoms with Crippen LogP contribution in [0.25, 0.3) is 23.0 Å². The minimum Gasteiger partial charge on any atom is -0.406 e. The lowest BCUT2D eigenvalue weighted by Gasteiger charge is -2.08. The summed E-state index contributed by atoms with van der Waals surface area (Å²) < 4.78 is 45.0. The first kappa shape index (κ1) is 21.9. The van der Waals surface area contributed by atoms with Crippen molar-refractivity contribution in [3.8, 4) is 28.7 Å². The van der Waals surface area contributed by atoms with Crippen LogP contribution in [0, 0.1) is 0 Å². The summed E-state index contributed by atoms with van der Waals surface area (Å²) in [6.45, 7) is 8.00. The van der Waals surface area contributed by atoms with Crippen molar-refractivity contribution in [3.05, 3.63) is 46.8 Å². The molecule has 3 rings (SSSR count). The molecular weight excluding hydrogens is 365 g/mol. The molecule has 0 aliphatic carbocycles. The second-order valence-corrected chi connectivity index (χ2v) is 4.30. The first-order valence-electron chi connectivity index (χ1n) is 8.17. The highest BCUT2D eigenvalue weighted by atomic mass is 19.4. The third-order valence-electron chi connectivity index (χ3n) is 2.67. The average molecular weight is 384 g/mol. The zero-order chi connectivity index (χ0) is 20.4. The van der Waals surface area contributed by atoms with Crippen molar-refractivity contribution < 1.29 is 22.4 Å². The number of halogens is 3. The van der Waals surface area contributed by atoms with Gasteiger partial charge in [-0.25, -0.2) is 5.10 Å². The molecule has 10 heteroatoms. The van der Waals surface area contributed by atoms with Gasteiger partial charge in [0.2, 0.25) is 5.82 Å². The molecule has 0 amide bonds. The number of hydrogen-bond donors (Lipinski definition) is 1. The summed E-state index contributed by atoms with van der Waals surface area (Å²) in [5, 5.41) is 9.66. The molecule has 0 atom stereocenters. The Labute approximate surface area is 153 Å². The highest BCUT2D eigenvalue weighted by molar-refractivity contribution is 5.58. The summed E-state index contributed by atoms with van der Waals surface area (Å²) in [6, 6.07) is 7.63. The van der Waals surface area contributed by atoms with Crippen molar-refractivity contribution in [2.75, 3.05) is 0 Å². The second-order valence-electron chi connectivity index (χ2n) is 4.30. The van der Waals surface area contributed by atoms with Crippen molar-refractivity contribution in [1.29, 1.82) is 0 Å². The van der Waals surface area contributed by atoms with Gasteiger partial charge in [0.05, 0.1) is 0 Å². The van der Waals surface area contributed by atoms with Crippen LogP contribution in [0.15, 0.2) is 45.7 Å². The van der Waals surface area contributed by atoms with E-state index in [2.05, 4.69) is 25.1 Å². The molecule has 7 nitrogen and oxygen atoms in total. The number of hydrogen-bond acceptors (Lipinski definition) is 6. The highest BCUT2D eigenvalue weighted by Gasteiger charge is 2.31. The number of rotatable bonds is 3. The van der Waals surface area contributed by atoms with E-state index in [-0.39, 0.29) is 28.7 Å². The first-order valence-corrected chi connectivity index (χ1v) is 8.17. The van der Waals surface area contributed by atoms with Crippen LogP contribution in [0.3, 0.4) is 0 Å². The van der Waals surface area contributed by atoms with E-state index >= 15 is 0 Å². The van der Waals surface area contributed by atoms with Crippen LogP contribution in [0.2, 0.25) is 0 Å². The summed E-state index contributed by atoms with van der Waals surface area (Å²) in [5.74, 6) is -0.134. The molecule has 2 heterocycles. The third kappa shape index (κ3) is 6.57. The van der Waals surface area contributed by atoms with Gasteiger partial charge in [0.15, 0.2) is 0 Å². The second kappa shape index (κ2) is 10.1. The van der Waals surface area contributed by atoms with Gasteiger partial charge in [-0.05, 0) is 30.3 Å². The van der Waals surface area contributed by atoms with Gasteiger partial charge >= 0.3 is 6.36 Å². The van der Waals surface area contributed by atoms with Crippen molar-refractivity contribution in [1.82, 2.24) is 20.3 Å². The Morgan fingerprint density at radius 1 is 1.00 bits per heavy atom. The van der Waals surface area contributed by atoms with Crippen LogP contribution in [0.5, 0.6) is 5.75 Å². The normalized spacial score (nSPS) is 10.2. The molecule has 146 valence electrons. The largest absolute Gasteiger partial charge is 0.573 e. The van der Waals surface area contributed by atoms with E-state index in [9.17, 15) is 18.0 Å². The van der Waals surface area contributed by atoms with Gasteiger partial charge in [0.1, 0.15) is 11.4 Å². The fraction of sp³-hybridized carbons (Fsp3) is 0.294. The lowest BCUT2D eigenvalue weighted by atomic mass is 10.2. The van der Waals surface area contributed by atoms with E-state index in [0.29, 0.717) is 5.56 Å². The molecule has 0 fully saturated rings. The molecule has 0 saturated carbocycles. The smallest absolute Gasteiger partial charge is 0.406 e. The number of aromatic nitrogens is 4. The van der Waals surface area contributed by atoms with Crippen LogP contribution >= 0.6 is 0 Å². The van der Waals surface area contributed by atoms with E-state index in [4.69, 9.17) is 4.52 Å². The van der Waals surface area contributed by atoms with Gasteiger partial charge in [0.25, 0.3) is 11.4 Å². The van der Waals surface area contributed by atoms with Gasteiger partial charge in [-0.15, -0.1) is 13.2 Å². The van der Waals surface area contributed by atoms with E-state index in [1.54, 1.807) is 0 Å². The van der Waals surface area contributed by atoms with Crippen molar-refractivity contribution in [2.45, 2.75) is 34.1 Å². The van der Waals surface area contributed by atoms with Gasteiger partial charge in [-0.1, -0.05) is 32.9 Å². The predicted molar refractivity (Wildman–Crippen MR) is 93.0 cm³/mol. The first-order chi connectivity index (χ1) is 12.9. The molecule has 0 aliphatic heterocycles. The number of ether oxygens (including phenoxy) is 1. The Balaban J connectivity index is 0.000000855. The van der Waals surface area contributed by atoms with E-state index in [0.717, 1.165) is 12.1 Å². The molecule has 0 aliphatic rings. The van der Waals surface area contributed by atoms with E-state index in [1.165, 1.54) is 24.3 Å². The number of alkyl halides is 3. The zero-order valence-electron chi connectivity index (χ0n) is 15.2. The molecule has 27 heavy (non-hydrogen) atoms. The van der Waals surface area contributed by atoms with Gasteiger partial charge in [-0.2, -0.15) is 10.1 Å². The standard InChI is InChI=1S/C13H7F3N4O3.2C2H6/c14-13(15,16)22-8-3-1-7(2-4-8)11-17-12(23-20-11)9-5-6-10(21)19-18-9;2*1-2/h1-6H,(H,19,21);2*1-2H3. The van der Waals surface area contributed by atoms with E-state index < -0.39 is 6.36 Å². The topological polar surface area (TPSA) is 93.9 Å². The van der Waals surface area contributed by atoms with Crippen LogP contribution < -0.4 is 10.3 Å². The van der Waals surface area contributed by atoms with Crippen molar-refractivity contribution >= 4 is 0 Å². The maximum Gasteiger partial charge on any atom is 0.573 e. The van der Waals surface area contributed by atoms with Gasteiger partial charge < -0.3 is 9.26 Å². The molecule has 0 unspecified atom stereocenters. The number of benzene rings is 1. The fourth-order valence-corrected chi connectivity index (χ4v) is 1.71. The van der Waals surface area contributed by atoms with Crippen LogP contribution in [-0.4, -0.2) is 26.7 Å². The van der Waals surface area contributed by atoms with Gasteiger partial charge in [-0.3, -0.25) is 4.79 Å². The lowest BCUT2D eigenvalue weighted by molar-refractivity contribution is -0.274. The molecular formula is C17H19F3N4O3. The summed E-state index contributed by atoms with van der Waals surface area (Å²) in [5.41, 5.74) is 0.313. The Morgan fingerprint density at radius 2 is 1.63 bits per heavy atom. The number of aromatic amines is 1. The highest BCUT2D eigenvalue weighted by Crippen LogP contribution is 2.26. The molecule has 2 aromatic heterocycles. The summed E-state index contributed by atoms with van der Waals surface area (Å²) in [7, 11) is 0. The van der Waals surface area contributed by atoms with Crippen LogP contribution in [0.1, 0.15) is 27.7 Å². The third-order valence-corrected chi connectivity index (χ3v) is 2.67. The average Bonchev–Trinajstić information content (AvgIpc) is 3.15. The number of H-pyrrole nitrogens is 1. The molecule has 1 aromatic carbocycles. The molecule has 0 saturated heterocycles. The fourth-order valence-electron chi connectivity index (χ4n) is 1.71. The van der Waals surface area contributed by atoms with Gasteiger partial charge in [0, 0.05) is 11.6 Å². The summed E-state index contributed by atoms with van der Waals surface area (Å²) in [6.07, 6.45) is -4.75. The van der Waals surface area contributed by atoms with E-state index in [1.807, 2.05) is 27.7 Å². The quantitative estimate of drug-likeness (QED) is 0.718. The molecule has 0 radical (unpaired) electrons. The number of nitrogens with zero attached hydrogens (tertiary/aromatic N) is 3. The Kier molecular flexibility index (Phi) is 8.18. The minimum absolute atomic E-state index is 0.0619.